The summed E-state index contributed by atoms with van der Waals surface area (Å²) in [5.41, 5.74) is 14.4. The molecule has 0 spiro atoms. The van der Waals surface area contributed by atoms with Crippen LogP contribution in [0.2, 0.25) is 0 Å². The first-order chi connectivity index (χ1) is 29.2. The molecule has 3 amide bonds. The number of hydrogen-bond donors (Lipinski definition) is 4. The van der Waals surface area contributed by atoms with Gasteiger partial charge in [0.05, 0.1) is 17.9 Å². The summed E-state index contributed by atoms with van der Waals surface area (Å²) in [6.45, 7) is 0.557. The average molecular weight is 820 g/mol. The summed E-state index contributed by atoms with van der Waals surface area (Å²) in [5, 5.41) is 5.94. The van der Waals surface area contributed by atoms with Gasteiger partial charge >= 0.3 is 0 Å². The maximum absolute atomic E-state index is 14.8. The minimum Gasteiger partial charge on any atom is -0.434 e. The van der Waals surface area contributed by atoms with Crippen LogP contribution in [0.4, 0.5) is 5.69 Å². The Balaban J connectivity index is 1.14. The van der Waals surface area contributed by atoms with E-state index in [0.29, 0.717) is 42.2 Å². The van der Waals surface area contributed by atoms with E-state index in [9.17, 15) is 19.2 Å². The Morgan fingerprint density at radius 2 is 1.52 bits per heavy atom. The van der Waals surface area contributed by atoms with Crippen molar-refractivity contribution < 1.29 is 33.1 Å². The van der Waals surface area contributed by atoms with Gasteiger partial charge in [0.2, 0.25) is 23.5 Å². The molecule has 4 aromatic rings. The van der Waals surface area contributed by atoms with Gasteiger partial charge in [0.1, 0.15) is 30.2 Å². The molecule has 0 unspecified atom stereocenters. The van der Waals surface area contributed by atoms with Crippen molar-refractivity contribution in [2.24, 2.45) is 22.4 Å². The number of para-hydroxylation sites is 2. The lowest BCUT2D eigenvalue weighted by Gasteiger charge is -2.30. The highest BCUT2D eigenvalue weighted by molar-refractivity contribution is 6.01. The highest BCUT2D eigenvalue weighted by Gasteiger charge is 2.44. The number of aromatic nitrogens is 1. The van der Waals surface area contributed by atoms with Gasteiger partial charge in [0, 0.05) is 26.0 Å². The van der Waals surface area contributed by atoms with E-state index in [0.717, 1.165) is 62.5 Å². The molecule has 0 radical (unpaired) electrons. The second kappa shape index (κ2) is 20.6. The van der Waals surface area contributed by atoms with Crippen molar-refractivity contribution in [2.75, 3.05) is 19.8 Å². The van der Waals surface area contributed by atoms with Gasteiger partial charge in [-0.2, -0.15) is 0 Å². The number of aliphatic imine (C=N–C) groups is 1. The summed E-state index contributed by atoms with van der Waals surface area (Å²) in [6, 6.07) is 20.8. The van der Waals surface area contributed by atoms with Crippen LogP contribution < -0.4 is 22.1 Å². The summed E-state index contributed by atoms with van der Waals surface area (Å²) in [5.74, 6) is -1.62. The van der Waals surface area contributed by atoms with Crippen LogP contribution in [0.1, 0.15) is 92.4 Å². The number of ether oxygens (including phenoxy) is 2. The molecule has 2 aliphatic carbocycles. The number of amides is 3. The van der Waals surface area contributed by atoms with Gasteiger partial charge in [0.15, 0.2) is 11.5 Å². The molecule has 0 bridgehead atoms. The van der Waals surface area contributed by atoms with Crippen molar-refractivity contribution in [3.8, 4) is 0 Å². The van der Waals surface area contributed by atoms with Gasteiger partial charge in [-0.05, 0) is 79.8 Å². The molecule has 2 heterocycles. The first-order valence-electron chi connectivity index (χ1n) is 21.4. The zero-order chi connectivity index (χ0) is 41.8. The van der Waals surface area contributed by atoms with Crippen LogP contribution in [-0.2, 0) is 36.7 Å². The van der Waals surface area contributed by atoms with E-state index in [1.54, 1.807) is 48.5 Å². The first-order valence-corrected chi connectivity index (χ1v) is 21.4. The number of carbonyl (C=O) groups excluding carboxylic acids is 4. The minimum atomic E-state index is -1.11. The van der Waals surface area contributed by atoms with Crippen molar-refractivity contribution >= 4 is 46.3 Å². The number of ketones is 1. The Morgan fingerprint density at radius 1 is 0.800 bits per heavy atom. The largest absolute Gasteiger partial charge is 0.434 e. The molecule has 3 fully saturated rings. The lowest BCUT2D eigenvalue weighted by Crippen LogP contribution is -2.56. The van der Waals surface area contributed by atoms with Crippen molar-refractivity contribution in [3.63, 3.8) is 0 Å². The smallest absolute Gasteiger partial charge is 0.266 e. The molecule has 318 valence electrons. The minimum absolute atomic E-state index is 0.0320. The Bertz CT molecular complexity index is 2060. The molecule has 7 rings (SSSR count). The topological polar surface area (TPSA) is 204 Å². The van der Waals surface area contributed by atoms with E-state index in [-0.39, 0.29) is 55.8 Å². The third kappa shape index (κ3) is 11.6. The molecule has 1 saturated heterocycles. The number of aryl methyl sites for hydroxylation is 1. The molecule has 60 heavy (non-hydrogen) atoms. The summed E-state index contributed by atoms with van der Waals surface area (Å²) < 4.78 is 18.3. The van der Waals surface area contributed by atoms with E-state index in [1.165, 1.54) is 11.3 Å². The van der Waals surface area contributed by atoms with Crippen molar-refractivity contribution in [2.45, 2.75) is 114 Å². The fraction of sp³-hybridized carbons (Fsp3) is 0.478. The summed E-state index contributed by atoms with van der Waals surface area (Å²) in [7, 11) is 0. The Morgan fingerprint density at radius 3 is 2.25 bits per heavy atom. The molecule has 1 aromatic heterocycles. The Kier molecular flexibility index (Phi) is 14.6. The number of nitrogens with one attached hydrogen (secondary N) is 2. The van der Waals surface area contributed by atoms with Crippen LogP contribution in [0.3, 0.4) is 0 Å². The maximum atomic E-state index is 14.8. The predicted octanol–water partition coefficient (Wildman–Crippen LogP) is 5.29. The summed E-state index contributed by atoms with van der Waals surface area (Å²) in [4.78, 5) is 67.1. The molecular formula is C46H57N7O7. The van der Waals surface area contributed by atoms with E-state index >= 15 is 0 Å². The SMILES string of the molecule is NC(N)=Nc1ccc(C[C@H](NC(=O)[C@@H]2C[C@@H](OCC3CCCCC3)CN2C(=O)[C@@H](CCc2ccccc2)NC(=O)COC2CCCC2)C(=O)c2nc3ccccc3o2)cc1. The molecular weight excluding hydrogens is 763 g/mol. The number of carbonyl (C=O) groups is 4. The normalized spacial score (nSPS) is 19.5. The molecule has 14 heteroatoms. The number of likely N-dealkylation sites (tertiary alicyclic amines) is 1. The van der Waals surface area contributed by atoms with Crippen LogP contribution in [0.15, 0.2) is 88.3 Å². The maximum Gasteiger partial charge on any atom is 0.266 e. The van der Waals surface area contributed by atoms with Crippen molar-refractivity contribution in [3.05, 3.63) is 95.9 Å². The Hall–Kier alpha value is -5.60. The number of rotatable bonds is 18. The lowest BCUT2D eigenvalue weighted by atomic mass is 9.90. The zero-order valence-corrected chi connectivity index (χ0v) is 34.1. The highest BCUT2D eigenvalue weighted by Crippen LogP contribution is 2.28. The second-order valence-corrected chi connectivity index (χ2v) is 16.4. The average Bonchev–Trinajstić information content (AvgIpc) is 4.05. The second-order valence-electron chi connectivity index (χ2n) is 16.4. The van der Waals surface area contributed by atoms with Gasteiger partial charge in [-0.15, -0.1) is 0 Å². The molecule has 3 aliphatic rings. The van der Waals surface area contributed by atoms with Gasteiger partial charge in [-0.1, -0.05) is 86.7 Å². The van der Waals surface area contributed by atoms with E-state index in [4.69, 9.17) is 25.4 Å². The summed E-state index contributed by atoms with van der Waals surface area (Å²) >= 11 is 0. The fourth-order valence-electron chi connectivity index (χ4n) is 8.63. The molecule has 1 aliphatic heterocycles. The number of Topliss-reactive ketones (excluding diaryl/α,β-unsaturated/α-hetero) is 1. The first kappa shape index (κ1) is 42.5. The number of benzene rings is 3. The lowest BCUT2D eigenvalue weighted by molar-refractivity contribution is -0.142. The van der Waals surface area contributed by atoms with Crippen LogP contribution in [0.5, 0.6) is 0 Å². The number of hydrogen-bond acceptors (Lipinski definition) is 9. The number of nitrogens with two attached hydrogens (primary N) is 2. The van der Waals surface area contributed by atoms with Crippen LogP contribution in [0, 0.1) is 5.92 Å². The number of guanidine groups is 1. The fourth-order valence-corrected chi connectivity index (χ4v) is 8.63. The summed E-state index contributed by atoms with van der Waals surface area (Å²) in [6.07, 6.45) is 10.4. The van der Waals surface area contributed by atoms with Crippen LogP contribution in [0.25, 0.3) is 11.1 Å². The van der Waals surface area contributed by atoms with Crippen LogP contribution >= 0.6 is 0 Å². The van der Waals surface area contributed by atoms with E-state index in [2.05, 4.69) is 20.6 Å². The number of fused-ring (bicyclic) bond motifs is 1. The van der Waals surface area contributed by atoms with Crippen LogP contribution in [-0.4, -0.2) is 89.4 Å². The third-order valence-electron chi connectivity index (χ3n) is 11.9. The van der Waals surface area contributed by atoms with Gasteiger partial charge in [-0.25, -0.2) is 9.98 Å². The molecule has 14 nitrogen and oxygen atoms in total. The van der Waals surface area contributed by atoms with E-state index < -0.39 is 35.9 Å². The van der Waals surface area contributed by atoms with Gasteiger partial charge < -0.3 is 40.9 Å². The Labute approximate surface area is 350 Å². The molecule has 3 aromatic carbocycles. The van der Waals surface area contributed by atoms with Gasteiger partial charge in [0.25, 0.3) is 5.89 Å². The highest BCUT2D eigenvalue weighted by atomic mass is 16.5. The van der Waals surface area contributed by atoms with E-state index in [1.807, 2.05) is 30.3 Å². The van der Waals surface area contributed by atoms with Crippen molar-refractivity contribution in [1.29, 1.82) is 0 Å². The predicted molar refractivity (Wildman–Crippen MR) is 227 cm³/mol. The number of oxazole rings is 1. The molecule has 4 atom stereocenters. The molecule has 2 saturated carbocycles. The van der Waals surface area contributed by atoms with Crippen molar-refractivity contribution in [1.82, 2.24) is 20.5 Å². The zero-order valence-electron chi connectivity index (χ0n) is 34.1. The third-order valence-corrected chi connectivity index (χ3v) is 11.9. The molecule has 6 N–H and O–H groups in total. The van der Waals surface area contributed by atoms with Gasteiger partial charge in [-0.3, -0.25) is 19.2 Å². The standard InChI is InChI=1S/C46H57N7O7/c47-46(48)49-33-22-19-31(20-23-33)25-38(42(55)44-52-36-17-9-10-18-40(36)60-44)51-43(56)39-26-35(58-28-32-13-5-2-6-14-32)27-53(39)45(57)37(24-21-30-11-3-1-4-12-30)50-41(54)29-59-34-15-7-8-16-34/h1,3-4,9-12,17-20,22-23,32,34-35,37-39H,2,5-8,13-16,21,24-29H2,(H,50,54)(H,51,56)(H4,47,48,49)/t35-,37-,38+,39+/m1/s1. The monoisotopic (exact) mass is 819 g/mol. The number of nitrogens with zero attached hydrogens (tertiary/aromatic N) is 3. The quantitative estimate of drug-likeness (QED) is 0.0581.